The molecule has 0 heterocycles. The molecule has 0 amide bonds. The molecule has 0 aliphatic carbocycles. The number of nitrogens with two attached hydrogens (primary N) is 2. The van der Waals surface area contributed by atoms with Crippen LogP contribution in [-0.4, -0.2) is 11.7 Å². The van der Waals surface area contributed by atoms with Crippen molar-refractivity contribution >= 4 is 5.69 Å². The average Bonchev–Trinajstić information content (AvgIpc) is 2.36. The smallest absolute Gasteiger partial charge is 0.119 e. The van der Waals surface area contributed by atoms with Gasteiger partial charge in [-0.3, -0.25) is 0 Å². The van der Waals surface area contributed by atoms with E-state index in [0.717, 1.165) is 11.1 Å². The molecule has 5 N–H and O–H groups in total. The third-order valence-electron chi connectivity index (χ3n) is 2.86. The number of phenolic OH excluding ortho intramolecular Hbond substituents is 1. The summed E-state index contributed by atoms with van der Waals surface area (Å²) in [6.07, 6.45) is 0. The third kappa shape index (κ3) is 2.40. The molecule has 3 heteroatoms. The van der Waals surface area contributed by atoms with E-state index in [9.17, 15) is 5.11 Å². The van der Waals surface area contributed by atoms with Gasteiger partial charge < -0.3 is 16.6 Å². The van der Waals surface area contributed by atoms with Crippen molar-refractivity contribution in [2.75, 3.05) is 12.3 Å². The number of nitrogen functional groups attached to an aromatic ring is 1. The molecule has 0 aliphatic heterocycles. The van der Waals surface area contributed by atoms with Gasteiger partial charge in [-0.2, -0.15) is 0 Å². The van der Waals surface area contributed by atoms with Crippen LogP contribution >= 0.6 is 0 Å². The lowest BCUT2D eigenvalue weighted by atomic mass is 9.90. The van der Waals surface area contributed by atoms with Gasteiger partial charge in [0.25, 0.3) is 0 Å². The molecule has 0 radical (unpaired) electrons. The van der Waals surface area contributed by atoms with Crippen molar-refractivity contribution in [2.45, 2.75) is 5.92 Å². The van der Waals surface area contributed by atoms with Crippen molar-refractivity contribution in [3.8, 4) is 5.75 Å². The SMILES string of the molecule is NCC(c1ccccc1)c1cc(N)ccc1O. The fraction of sp³-hybridized carbons (Fsp3) is 0.143. The van der Waals surface area contributed by atoms with Gasteiger partial charge >= 0.3 is 0 Å². The van der Waals surface area contributed by atoms with Gasteiger partial charge in [-0.05, 0) is 23.8 Å². The monoisotopic (exact) mass is 228 g/mol. The van der Waals surface area contributed by atoms with Gasteiger partial charge in [0, 0.05) is 23.7 Å². The summed E-state index contributed by atoms with van der Waals surface area (Å²) in [5, 5.41) is 9.89. The van der Waals surface area contributed by atoms with E-state index in [1.165, 1.54) is 0 Å². The highest BCUT2D eigenvalue weighted by molar-refractivity contribution is 5.51. The lowest BCUT2D eigenvalue weighted by Gasteiger charge is -2.17. The molecule has 2 aromatic carbocycles. The van der Waals surface area contributed by atoms with Gasteiger partial charge in [0.05, 0.1) is 0 Å². The molecule has 1 unspecified atom stereocenters. The molecule has 0 fully saturated rings. The van der Waals surface area contributed by atoms with Crippen LogP contribution in [0.4, 0.5) is 5.69 Å². The number of benzene rings is 2. The Labute approximate surface area is 101 Å². The molecule has 1 atom stereocenters. The number of hydrogen-bond acceptors (Lipinski definition) is 3. The Morgan fingerprint density at radius 3 is 2.41 bits per heavy atom. The summed E-state index contributed by atoms with van der Waals surface area (Å²) >= 11 is 0. The molecule has 0 bridgehead atoms. The van der Waals surface area contributed by atoms with Crippen LogP contribution in [0, 0.1) is 0 Å². The summed E-state index contributed by atoms with van der Waals surface area (Å²) in [6, 6.07) is 14.9. The number of rotatable bonds is 3. The zero-order valence-electron chi connectivity index (χ0n) is 9.51. The van der Waals surface area contributed by atoms with Gasteiger partial charge in [-0.1, -0.05) is 30.3 Å². The Balaban J connectivity index is 2.46. The van der Waals surface area contributed by atoms with Gasteiger partial charge in [0.2, 0.25) is 0 Å². The standard InChI is InChI=1S/C14H16N2O/c15-9-13(10-4-2-1-3-5-10)12-8-11(16)6-7-14(12)17/h1-8,13,17H,9,15-16H2. The highest BCUT2D eigenvalue weighted by Crippen LogP contribution is 2.31. The Bertz CT molecular complexity index is 497. The molecule has 3 nitrogen and oxygen atoms in total. The molecule has 0 saturated carbocycles. The number of hydrogen-bond donors (Lipinski definition) is 3. The van der Waals surface area contributed by atoms with E-state index in [2.05, 4.69) is 0 Å². The zero-order chi connectivity index (χ0) is 12.3. The van der Waals surface area contributed by atoms with E-state index in [-0.39, 0.29) is 11.7 Å². The predicted molar refractivity (Wildman–Crippen MR) is 69.9 cm³/mol. The second kappa shape index (κ2) is 4.89. The summed E-state index contributed by atoms with van der Waals surface area (Å²) < 4.78 is 0. The Morgan fingerprint density at radius 1 is 1.06 bits per heavy atom. The van der Waals surface area contributed by atoms with Crippen molar-refractivity contribution in [3.63, 3.8) is 0 Å². The van der Waals surface area contributed by atoms with Crippen LogP contribution in [0.25, 0.3) is 0 Å². The summed E-state index contributed by atoms with van der Waals surface area (Å²) in [5.74, 6) is 0.207. The maximum Gasteiger partial charge on any atom is 0.119 e. The topological polar surface area (TPSA) is 72.3 Å². The molecular weight excluding hydrogens is 212 g/mol. The zero-order valence-corrected chi connectivity index (χ0v) is 9.51. The fourth-order valence-corrected chi connectivity index (χ4v) is 1.98. The minimum absolute atomic E-state index is 0.0281. The largest absolute Gasteiger partial charge is 0.508 e. The van der Waals surface area contributed by atoms with Crippen molar-refractivity contribution in [2.24, 2.45) is 5.73 Å². The van der Waals surface area contributed by atoms with E-state index in [1.54, 1.807) is 18.2 Å². The second-order valence-corrected chi connectivity index (χ2v) is 4.02. The van der Waals surface area contributed by atoms with E-state index in [1.807, 2.05) is 30.3 Å². The van der Waals surface area contributed by atoms with Crippen molar-refractivity contribution in [3.05, 3.63) is 59.7 Å². The normalized spacial score (nSPS) is 12.3. The minimum atomic E-state index is -0.0281. The van der Waals surface area contributed by atoms with Crippen LogP contribution in [0.15, 0.2) is 48.5 Å². The number of aromatic hydroxyl groups is 1. The first-order valence-electron chi connectivity index (χ1n) is 5.55. The fourth-order valence-electron chi connectivity index (χ4n) is 1.98. The lowest BCUT2D eigenvalue weighted by Crippen LogP contribution is -2.14. The molecule has 2 aromatic rings. The van der Waals surface area contributed by atoms with E-state index >= 15 is 0 Å². The minimum Gasteiger partial charge on any atom is -0.508 e. The molecule has 0 spiro atoms. The average molecular weight is 228 g/mol. The maximum atomic E-state index is 9.89. The van der Waals surface area contributed by atoms with Crippen LogP contribution in [0.5, 0.6) is 5.75 Å². The maximum absolute atomic E-state index is 9.89. The first-order valence-corrected chi connectivity index (χ1v) is 5.55. The van der Waals surface area contributed by atoms with Crippen LogP contribution in [0.3, 0.4) is 0 Å². The van der Waals surface area contributed by atoms with Gasteiger partial charge in [-0.25, -0.2) is 0 Å². The predicted octanol–water partition coefficient (Wildman–Crippen LogP) is 2.07. The highest BCUT2D eigenvalue weighted by Gasteiger charge is 2.16. The van der Waals surface area contributed by atoms with Crippen molar-refractivity contribution < 1.29 is 5.11 Å². The number of anilines is 1. The van der Waals surface area contributed by atoms with Crippen LogP contribution in [0.1, 0.15) is 17.0 Å². The molecule has 2 rings (SSSR count). The summed E-state index contributed by atoms with van der Waals surface area (Å²) in [6.45, 7) is 0.432. The first kappa shape index (κ1) is 11.5. The van der Waals surface area contributed by atoms with Crippen molar-refractivity contribution in [1.82, 2.24) is 0 Å². The summed E-state index contributed by atoms with van der Waals surface area (Å²) in [4.78, 5) is 0. The quantitative estimate of drug-likeness (QED) is 0.556. The van der Waals surface area contributed by atoms with Crippen LogP contribution in [0.2, 0.25) is 0 Å². The molecule has 17 heavy (non-hydrogen) atoms. The Kier molecular flexibility index (Phi) is 3.30. The Hall–Kier alpha value is -2.00. The lowest BCUT2D eigenvalue weighted by molar-refractivity contribution is 0.465. The van der Waals surface area contributed by atoms with Crippen molar-refractivity contribution in [1.29, 1.82) is 0 Å². The second-order valence-electron chi connectivity index (χ2n) is 4.02. The first-order chi connectivity index (χ1) is 8.22. The molecule has 0 aliphatic rings. The molecule has 0 saturated heterocycles. The summed E-state index contributed by atoms with van der Waals surface area (Å²) in [7, 11) is 0. The Morgan fingerprint density at radius 2 is 1.76 bits per heavy atom. The molecular formula is C14H16N2O. The van der Waals surface area contributed by atoms with Crippen LogP contribution in [-0.2, 0) is 0 Å². The third-order valence-corrected chi connectivity index (χ3v) is 2.86. The summed E-state index contributed by atoms with van der Waals surface area (Å²) in [5.41, 5.74) is 14.0. The van der Waals surface area contributed by atoms with Gasteiger partial charge in [-0.15, -0.1) is 0 Å². The van der Waals surface area contributed by atoms with E-state index < -0.39 is 0 Å². The van der Waals surface area contributed by atoms with Gasteiger partial charge in [0.1, 0.15) is 5.75 Å². The van der Waals surface area contributed by atoms with E-state index in [0.29, 0.717) is 12.2 Å². The highest BCUT2D eigenvalue weighted by atomic mass is 16.3. The number of phenols is 1. The molecule has 88 valence electrons. The van der Waals surface area contributed by atoms with Crippen LogP contribution < -0.4 is 11.5 Å². The van der Waals surface area contributed by atoms with E-state index in [4.69, 9.17) is 11.5 Å². The van der Waals surface area contributed by atoms with Gasteiger partial charge in [0.15, 0.2) is 0 Å². The molecule has 0 aromatic heterocycles.